The Balaban J connectivity index is 0.00000729. The molecule has 0 aliphatic carbocycles. The van der Waals surface area contributed by atoms with Crippen LogP contribution >= 0.6 is 0 Å². The molecule has 0 fully saturated rings. The van der Waals surface area contributed by atoms with Gasteiger partial charge < -0.3 is 47.3 Å². The summed E-state index contributed by atoms with van der Waals surface area (Å²) in [6.07, 6.45) is 14.4. The molecule has 2 aromatic carbocycles. The molecule has 0 aromatic heterocycles. The van der Waals surface area contributed by atoms with Gasteiger partial charge in [0.15, 0.2) is 5.71 Å². The number of rotatable bonds is 23. The molecule has 286 valence electrons. The van der Waals surface area contributed by atoms with Crippen molar-refractivity contribution in [3.05, 3.63) is 95.7 Å². The molecular formula is C42H61ClN4O5. The van der Waals surface area contributed by atoms with Crippen LogP contribution in [-0.4, -0.2) is 95.7 Å². The summed E-state index contributed by atoms with van der Waals surface area (Å²) in [5.41, 5.74) is 13.1. The molecule has 0 atom stereocenters. The Morgan fingerprint density at radius 3 is 2.06 bits per heavy atom. The summed E-state index contributed by atoms with van der Waals surface area (Å²) in [6.45, 7) is 15.3. The normalized spacial score (nSPS) is 16.6. The molecule has 2 aromatic rings. The van der Waals surface area contributed by atoms with E-state index in [1.807, 2.05) is 0 Å². The number of unbranched alkanes of at least 4 members (excludes halogenated alkanes) is 2. The predicted molar refractivity (Wildman–Crippen MR) is 207 cm³/mol. The summed E-state index contributed by atoms with van der Waals surface area (Å²) in [7, 11) is 2.15. The van der Waals surface area contributed by atoms with Gasteiger partial charge in [0.25, 0.3) is 0 Å². The molecule has 0 unspecified atom stereocenters. The highest BCUT2D eigenvalue weighted by Gasteiger charge is 2.42. The van der Waals surface area contributed by atoms with Crippen LogP contribution in [0.25, 0.3) is 0 Å². The van der Waals surface area contributed by atoms with Gasteiger partial charge in [-0.15, -0.1) is 0 Å². The highest BCUT2D eigenvalue weighted by molar-refractivity contribution is 6.03. The summed E-state index contributed by atoms with van der Waals surface area (Å²) in [5, 5.41) is 2.97. The molecule has 2 heterocycles. The van der Waals surface area contributed by atoms with E-state index in [0.29, 0.717) is 72.4 Å². The molecule has 3 N–H and O–H groups in total. The molecule has 0 saturated heterocycles. The number of nitrogens with zero attached hydrogens (tertiary/aromatic N) is 2. The Hall–Kier alpha value is -3.31. The molecule has 9 nitrogen and oxygen atoms in total. The van der Waals surface area contributed by atoms with Crippen molar-refractivity contribution in [2.45, 2.75) is 64.2 Å². The molecule has 1 amide bonds. The zero-order chi connectivity index (χ0) is 36.5. The van der Waals surface area contributed by atoms with Gasteiger partial charge in [-0.25, -0.2) is 0 Å². The summed E-state index contributed by atoms with van der Waals surface area (Å²) < 4.78 is 24.0. The van der Waals surface area contributed by atoms with Crippen LogP contribution in [0, 0.1) is 0 Å². The fraction of sp³-hybridized carbons (Fsp3) is 0.524. The number of carbonyl (C=O) groups is 1. The van der Waals surface area contributed by atoms with E-state index in [2.05, 4.69) is 128 Å². The Labute approximate surface area is 318 Å². The molecule has 2 aliphatic heterocycles. The topological polar surface area (TPSA) is 98.3 Å². The first-order valence-electron chi connectivity index (χ1n) is 18.6. The number of fused-ring (bicyclic) bond motifs is 2. The van der Waals surface area contributed by atoms with Crippen LogP contribution in [0.5, 0.6) is 0 Å². The number of amides is 1. The van der Waals surface area contributed by atoms with Crippen molar-refractivity contribution >= 4 is 23.0 Å². The summed E-state index contributed by atoms with van der Waals surface area (Å²) >= 11 is 0. The molecule has 52 heavy (non-hydrogen) atoms. The number of allylic oxidation sites excluding steroid dienone is 6. The van der Waals surface area contributed by atoms with Gasteiger partial charge in [0.1, 0.15) is 7.05 Å². The number of hydrogen-bond donors (Lipinski definition) is 2. The largest absolute Gasteiger partial charge is 1.00 e. The third-order valence-corrected chi connectivity index (χ3v) is 9.70. The third-order valence-electron chi connectivity index (χ3n) is 9.70. The van der Waals surface area contributed by atoms with E-state index < -0.39 is 0 Å². The second-order valence-corrected chi connectivity index (χ2v) is 14.1. The lowest BCUT2D eigenvalue weighted by molar-refractivity contribution is -0.401. The average Bonchev–Trinajstić information content (AvgIpc) is 3.45. The zero-order valence-corrected chi connectivity index (χ0v) is 32.8. The van der Waals surface area contributed by atoms with E-state index in [-0.39, 0.29) is 29.1 Å². The standard InChI is InChI=1S/C42H60N4O5.ClH/c1-41(2)34-16-11-13-18-36(34)45(5)38(41)20-8-6-9-21-39-42(3,4)35-17-12-14-19-37(35)46(39)25-15-7-10-22-40(47)44-24-27-49-29-31-51-33-32-50-30-28-48-26-23-43;/h6,8-9,11-14,16-21H,7,10,15,22-33,43H2,1-5H3;1H. The molecule has 0 radical (unpaired) electrons. The molecule has 0 saturated carbocycles. The van der Waals surface area contributed by atoms with E-state index >= 15 is 0 Å². The lowest BCUT2D eigenvalue weighted by atomic mass is 9.81. The summed E-state index contributed by atoms with van der Waals surface area (Å²) in [4.78, 5) is 14.9. The maximum absolute atomic E-state index is 12.4. The Bertz CT molecular complexity index is 1530. The van der Waals surface area contributed by atoms with Crippen LogP contribution in [0.3, 0.4) is 0 Å². The minimum absolute atomic E-state index is 0. The van der Waals surface area contributed by atoms with Crippen LogP contribution in [-0.2, 0) is 34.6 Å². The second-order valence-electron chi connectivity index (χ2n) is 14.1. The van der Waals surface area contributed by atoms with Gasteiger partial charge >= 0.3 is 0 Å². The maximum atomic E-state index is 12.4. The van der Waals surface area contributed by atoms with Crippen molar-refractivity contribution < 1.29 is 40.7 Å². The van der Waals surface area contributed by atoms with E-state index in [9.17, 15) is 4.79 Å². The maximum Gasteiger partial charge on any atom is 0.220 e. The first kappa shape index (κ1) is 43.1. The van der Waals surface area contributed by atoms with Gasteiger partial charge in [0.2, 0.25) is 11.6 Å². The summed E-state index contributed by atoms with van der Waals surface area (Å²) in [6, 6.07) is 17.4. The third kappa shape index (κ3) is 11.9. The first-order chi connectivity index (χ1) is 24.7. The first-order valence-corrected chi connectivity index (χ1v) is 18.6. The Morgan fingerprint density at radius 2 is 1.38 bits per heavy atom. The van der Waals surface area contributed by atoms with Crippen LogP contribution < -0.4 is 28.4 Å². The average molecular weight is 737 g/mol. The molecule has 0 bridgehead atoms. The van der Waals surface area contributed by atoms with Crippen molar-refractivity contribution in [2.24, 2.45) is 5.73 Å². The quantitative estimate of drug-likeness (QED) is 0.103. The van der Waals surface area contributed by atoms with Crippen molar-refractivity contribution in [2.75, 3.05) is 84.4 Å². The van der Waals surface area contributed by atoms with Crippen LogP contribution in [0.4, 0.5) is 11.4 Å². The van der Waals surface area contributed by atoms with Crippen molar-refractivity contribution in [3.8, 4) is 0 Å². The lowest BCUT2D eigenvalue weighted by Crippen LogP contribution is -3.00. The zero-order valence-electron chi connectivity index (χ0n) is 32.0. The molecule has 4 rings (SSSR count). The lowest BCUT2D eigenvalue weighted by Gasteiger charge is -2.27. The SMILES string of the molecule is C[N+]1=C(/C=C/C=C/C=C2\N(CCCCCC(=O)NCCOCCOCCOCCOCCN)c3ccccc3C2(C)C)C(C)(C)c2ccccc21.[Cl-]. The number of hydrogen-bond acceptors (Lipinski definition) is 7. The minimum atomic E-state index is -0.0998. The van der Waals surface area contributed by atoms with E-state index in [0.717, 1.165) is 25.8 Å². The van der Waals surface area contributed by atoms with Crippen LogP contribution in [0.15, 0.2) is 84.6 Å². The Morgan fingerprint density at radius 1 is 0.769 bits per heavy atom. The minimum Gasteiger partial charge on any atom is -1.00 e. The van der Waals surface area contributed by atoms with E-state index in [1.165, 1.54) is 33.9 Å². The molecule has 2 aliphatic rings. The van der Waals surface area contributed by atoms with Gasteiger partial charge in [-0.1, -0.05) is 74.9 Å². The number of para-hydroxylation sites is 2. The predicted octanol–water partition coefficient (Wildman–Crippen LogP) is 3.19. The summed E-state index contributed by atoms with van der Waals surface area (Å²) in [5.74, 6) is 0.0723. The molecule has 0 spiro atoms. The number of carbonyl (C=O) groups excluding carboxylic acids is 1. The fourth-order valence-corrected chi connectivity index (χ4v) is 6.97. The van der Waals surface area contributed by atoms with Gasteiger partial charge in [0, 0.05) is 60.6 Å². The van der Waals surface area contributed by atoms with Crippen molar-refractivity contribution in [1.82, 2.24) is 5.32 Å². The number of benzene rings is 2. The van der Waals surface area contributed by atoms with Gasteiger partial charge in [0.05, 0.1) is 58.3 Å². The number of nitrogens with two attached hydrogens (primary N) is 1. The van der Waals surface area contributed by atoms with Crippen molar-refractivity contribution in [1.29, 1.82) is 0 Å². The monoisotopic (exact) mass is 736 g/mol. The highest BCUT2D eigenvalue weighted by Crippen LogP contribution is 2.47. The number of ether oxygens (including phenoxy) is 4. The van der Waals surface area contributed by atoms with Gasteiger partial charge in [-0.3, -0.25) is 4.79 Å². The molecular weight excluding hydrogens is 676 g/mol. The van der Waals surface area contributed by atoms with E-state index in [1.54, 1.807) is 0 Å². The van der Waals surface area contributed by atoms with Crippen LogP contribution in [0.1, 0.15) is 64.5 Å². The number of halogens is 1. The Kier molecular flexibility index (Phi) is 18.3. The number of anilines is 1. The highest BCUT2D eigenvalue weighted by atomic mass is 35.5. The second kappa shape index (κ2) is 22.0. The smallest absolute Gasteiger partial charge is 0.220 e. The molecule has 10 heteroatoms. The fourth-order valence-electron chi connectivity index (χ4n) is 6.97. The van der Waals surface area contributed by atoms with Crippen LogP contribution in [0.2, 0.25) is 0 Å². The van der Waals surface area contributed by atoms with Crippen molar-refractivity contribution in [3.63, 3.8) is 0 Å². The number of nitrogens with one attached hydrogen (secondary N) is 1. The van der Waals surface area contributed by atoms with Gasteiger partial charge in [-0.2, -0.15) is 4.58 Å². The van der Waals surface area contributed by atoms with E-state index in [4.69, 9.17) is 24.7 Å². The van der Waals surface area contributed by atoms with Gasteiger partial charge in [-0.05, 0) is 44.4 Å².